The summed E-state index contributed by atoms with van der Waals surface area (Å²) in [5, 5.41) is 0. The van der Waals surface area contributed by atoms with Crippen molar-refractivity contribution in [3.8, 4) is 0 Å². The predicted molar refractivity (Wildman–Crippen MR) is 67.0 cm³/mol. The van der Waals surface area contributed by atoms with E-state index in [1.807, 2.05) is 0 Å². The maximum Gasteiger partial charge on any atom is 0.133 e. The van der Waals surface area contributed by atoms with E-state index >= 15 is 0 Å². The number of benzene rings is 1. The molecule has 15 heavy (non-hydrogen) atoms. The normalized spacial score (nSPS) is 20.5. The SMILES string of the molecule is CC(C)[N+]1(c2ccccc2)CCCCC1. The molecule has 0 aliphatic carbocycles. The highest BCUT2D eigenvalue weighted by molar-refractivity contribution is 5.43. The van der Waals surface area contributed by atoms with Crippen LogP contribution in [0.15, 0.2) is 30.3 Å². The smallest absolute Gasteiger partial charge is 0.133 e. The van der Waals surface area contributed by atoms with Gasteiger partial charge in [-0.25, -0.2) is 0 Å². The van der Waals surface area contributed by atoms with Gasteiger partial charge in [0.15, 0.2) is 0 Å². The molecule has 0 spiro atoms. The first-order valence-corrected chi connectivity index (χ1v) is 6.18. The summed E-state index contributed by atoms with van der Waals surface area (Å²) in [5.74, 6) is 0. The average molecular weight is 204 g/mol. The largest absolute Gasteiger partial charge is 0.289 e. The zero-order chi connectivity index (χ0) is 10.7. The highest BCUT2D eigenvalue weighted by Gasteiger charge is 2.35. The minimum absolute atomic E-state index is 0.702. The lowest BCUT2D eigenvalue weighted by Gasteiger charge is -2.44. The van der Waals surface area contributed by atoms with Gasteiger partial charge in [-0.15, -0.1) is 0 Å². The molecule has 1 heteroatoms. The minimum atomic E-state index is 0.702. The maximum atomic E-state index is 2.36. The van der Waals surface area contributed by atoms with E-state index in [9.17, 15) is 0 Å². The van der Waals surface area contributed by atoms with Gasteiger partial charge in [0.05, 0.1) is 19.1 Å². The van der Waals surface area contributed by atoms with Crippen LogP contribution in [-0.2, 0) is 0 Å². The van der Waals surface area contributed by atoms with Crippen molar-refractivity contribution >= 4 is 5.69 Å². The van der Waals surface area contributed by atoms with E-state index in [-0.39, 0.29) is 0 Å². The molecule has 1 aliphatic rings. The molecule has 1 aromatic rings. The Morgan fingerprint density at radius 3 is 2.07 bits per heavy atom. The van der Waals surface area contributed by atoms with Gasteiger partial charge in [0.1, 0.15) is 5.69 Å². The van der Waals surface area contributed by atoms with Crippen molar-refractivity contribution in [3.63, 3.8) is 0 Å². The van der Waals surface area contributed by atoms with Crippen LogP contribution in [0.3, 0.4) is 0 Å². The molecule has 0 aromatic heterocycles. The van der Waals surface area contributed by atoms with E-state index in [4.69, 9.17) is 0 Å². The van der Waals surface area contributed by atoms with Crippen LogP contribution in [0.2, 0.25) is 0 Å². The van der Waals surface area contributed by atoms with Gasteiger partial charge in [-0.1, -0.05) is 18.2 Å². The second-order valence-corrected chi connectivity index (χ2v) is 4.97. The lowest BCUT2D eigenvalue weighted by Crippen LogP contribution is -2.57. The molecule has 82 valence electrons. The highest BCUT2D eigenvalue weighted by Crippen LogP contribution is 2.31. The number of quaternary nitrogens is 1. The Morgan fingerprint density at radius 2 is 1.53 bits per heavy atom. The molecule has 0 saturated carbocycles. The van der Waals surface area contributed by atoms with Crippen LogP contribution in [0.1, 0.15) is 33.1 Å². The van der Waals surface area contributed by atoms with Crippen molar-refractivity contribution in [3.05, 3.63) is 30.3 Å². The average Bonchev–Trinajstić information content (AvgIpc) is 2.31. The second kappa shape index (κ2) is 4.36. The molecular weight excluding hydrogens is 182 g/mol. The third kappa shape index (κ3) is 1.93. The summed E-state index contributed by atoms with van der Waals surface area (Å²) in [6, 6.07) is 11.8. The van der Waals surface area contributed by atoms with Gasteiger partial charge >= 0.3 is 0 Å². The fourth-order valence-electron chi connectivity index (χ4n) is 2.87. The number of piperidine rings is 1. The topological polar surface area (TPSA) is 0 Å². The summed E-state index contributed by atoms with van der Waals surface area (Å²) >= 11 is 0. The fourth-order valence-corrected chi connectivity index (χ4v) is 2.87. The Balaban J connectivity index is 2.34. The van der Waals surface area contributed by atoms with Crippen LogP contribution < -0.4 is 4.48 Å². The quantitative estimate of drug-likeness (QED) is 0.646. The van der Waals surface area contributed by atoms with Crippen LogP contribution in [-0.4, -0.2) is 19.1 Å². The van der Waals surface area contributed by atoms with Gasteiger partial charge < -0.3 is 0 Å². The number of hydrogen-bond acceptors (Lipinski definition) is 0. The molecular formula is C14H22N+. The number of rotatable bonds is 2. The lowest BCUT2D eigenvalue weighted by atomic mass is 10.0. The summed E-state index contributed by atoms with van der Waals surface area (Å²) in [7, 11) is 0. The molecule has 0 N–H and O–H groups in total. The summed E-state index contributed by atoms with van der Waals surface area (Å²) in [6.45, 7) is 7.36. The second-order valence-electron chi connectivity index (χ2n) is 4.97. The zero-order valence-electron chi connectivity index (χ0n) is 9.95. The summed E-state index contributed by atoms with van der Waals surface area (Å²) in [4.78, 5) is 0. The van der Waals surface area contributed by atoms with Gasteiger partial charge in [0, 0.05) is 0 Å². The van der Waals surface area contributed by atoms with E-state index in [0.717, 1.165) is 0 Å². The number of nitrogens with zero attached hydrogens (tertiary/aromatic N) is 1. The van der Waals surface area contributed by atoms with E-state index in [0.29, 0.717) is 6.04 Å². The zero-order valence-corrected chi connectivity index (χ0v) is 9.95. The lowest BCUT2D eigenvalue weighted by molar-refractivity contribution is 0.186. The Morgan fingerprint density at radius 1 is 0.933 bits per heavy atom. The van der Waals surface area contributed by atoms with Gasteiger partial charge in [-0.05, 0) is 45.2 Å². The molecule has 1 aliphatic heterocycles. The van der Waals surface area contributed by atoms with E-state index in [2.05, 4.69) is 44.2 Å². The van der Waals surface area contributed by atoms with Crippen molar-refractivity contribution in [1.82, 2.24) is 4.48 Å². The van der Waals surface area contributed by atoms with Crippen molar-refractivity contribution in [2.24, 2.45) is 0 Å². The molecule has 0 atom stereocenters. The van der Waals surface area contributed by atoms with Crippen molar-refractivity contribution < 1.29 is 0 Å². The van der Waals surface area contributed by atoms with Crippen LogP contribution in [0, 0.1) is 0 Å². The van der Waals surface area contributed by atoms with Crippen LogP contribution >= 0.6 is 0 Å². The molecule has 0 bridgehead atoms. The molecule has 0 amide bonds. The van der Waals surface area contributed by atoms with Crippen LogP contribution in [0.4, 0.5) is 5.69 Å². The van der Waals surface area contributed by atoms with Crippen molar-refractivity contribution in [2.45, 2.75) is 39.2 Å². The predicted octanol–water partition coefficient (Wildman–Crippen LogP) is 3.59. The number of para-hydroxylation sites is 1. The van der Waals surface area contributed by atoms with Gasteiger partial charge in [0.2, 0.25) is 0 Å². The third-order valence-corrected chi connectivity index (χ3v) is 3.87. The van der Waals surface area contributed by atoms with Crippen molar-refractivity contribution in [1.29, 1.82) is 0 Å². The highest BCUT2D eigenvalue weighted by atomic mass is 15.4. The minimum Gasteiger partial charge on any atom is -0.289 e. The first-order valence-electron chi connectivity index (χ1n) is 6.18. The van der Waals surface area contributed by atoms with E-state index < -0.39 is 0 Å². The van der Waals surface area contributed by atoms with Crippen LogP contribution in [0.25, 0.3) is 0 Å². The van der Waals surface area contributed by atoms with Gasteiger partial charge in [-0.2, -0.15) is 0 Å². The fraction of sp³-hybridized carbons (Fsp3) is 0.571. The van der Waals surface area contributed by atoms with Crippen molar-refractivity contribution in [2.75, 3.05) is 13.1 Å². The monoisotopic (exact) mass is 204 g/mol. The molecule has 1 saturated heterocycles. The Hall–Kier alpha value is -0.820. The summed E-state index contributed by atoms with van der Waals surface area (Å²) in [5.41, 5.74) is 1.51. The first-order chi connectivity index (χ1) is 7.26. The maximum absolute atomic E-state index is 2.36. The molecule has 0 unspecified atom stereocenters. The van der Waals surface area contributed by atoms with Crippen LogP contribution in [0.5, 0.6) is 0 Å². The molecule has 1 fully saturated rings. The standard InChI is InChI=1S/C14H22N/c1-13(2)15(11-7-4-8-12-15)14-9-5-3-6-10-14/h3,5-6,9-10,13H,4,7-8,11-12H2,1-2H3/q+1. The summed E-state index contributed by atoms with van der Waals surface area (Å²) in [6.07, 6.45) is 4.18. The van der Waals surface area contributed by atoms with E-state index in [1.165, 1.54) is 42.5 Å². The molecule has 1 aromatic carbocycles. The third-order valence-electron chi connectivity index (χ3n) is 3.87. The molecule has 1 heterocycles. The Kier molecular flexibility index (Phi) is 3.11. The Bertz CT molecular complexity index is 296. The first kappa shape index (κ1) is 10.7. The van der Waals surface area contributed by atoms with E-state index in [1.54, 1.807) is 0 Å². The van der Waals surface area contributed by atoms with Gasteiger partial charge in [0.25, 0.3) is 0 Å². The molecule has 1 nitrogen and oxygen atoms in total. The molecule has 0 radical (unpaired) electrons. The number of hydrogen-bond donors (Lipinski definition) is 0. The summed E-state index contributed by atoms with van der Waals surface area (Å²) < 4.78 is 1.20. The molecule has 2 rings (SSSR count). The Labute approximate surface area is 93.3 Å². The van der Waals surface area contributed by atoms with Gasteiger partial charge in [-0.3, -0.25) is 4.48 Å². The number of likely N-dealkylation sites (tertiary alicyclic amines) is 1.